The van der Waals surface area contributed by atoms with Crippen molar-refractivity contribution < 1.29 is 18.0 Å². The van der Waals surface area contributed by atoms with Crippen LogP contribution in [0.1, 0.15) is 20.8 Å². The lowest BCUT2D eigenvalue weighted by Gasteiger charge is -2.35. The molecule has 1 atom stereocenters. The summed E-state index contributed by atoms with van der Waals surface area (Å²) in [6, 6.07) is 0.579. The molecule has 0 aromatic heterocycles. The summed E-state index contributed by atoms with van der Waals surface area (Å²) in [5, 5.41) is 8.93. The van der Waals surface area contributed by atoms with E-state index in [9.17, 15) is 18.0 Å². The number of carbonyl (C=O) groups is 1. The number of carbonyl (C=O) groups excluding carboxylic acids is 1. The summed E-state index contributed by atoms with van der Waals surface area (Å²) in [7, 11) is 0. The Morgan fingerprint density at radius 2 is 1.94 bits per heavy atom. The number of nitriles is 1. The number of amides is 1. The van der Waals surface area contributed by atoms with E-state index in [1.807, 2.05) is 0 Å². The molecular weight excluding hydrogens is 233 g/mol. The number of rotatable bonds is 3. The van der Waals surface area contributed by atoms with Crippen molar-refractivity contribution in [3.05, 3.63) is 12.7 Å². The standard InChI is InChI=1S/C11H15F3N2O/c1-5-6-16(9(17)11(12,13)14)8(7-15)10(2,3)4/h5,8H,1,6H2,2-4H3. The summed E-state index contributed by atoms with van der Waals surface area (Å²) >= 11 is 0. The van der Waals surface area contributed by atoms with Gasteiger partial charge in [-0.3, -0.25) is 4.79 Å². The van der Waals surface area contributed by atoms with Gasteiger partial charge in [0.15, 0.2) is 0 Å². The quantitative estimate of drug-likeness (QED) is 0.720. The third-order valence-corrected chi connectivity index (χ3v) is 2.08. The first-order valence-electron chi connectivity index (χ1n) is 4.94. The van der Waals surface area contributed by atoms with Crippen molar-refractivity contribution in [2.45, 2.75) is 33.0 Å². The lowest BCUT2D eigenvalue weighted by molar-refractivity contribution is -0.187. The summed E-state index contributed by atoms with van der Waals surface area (Å²) < 4.78 is 37.1. The second-order valence-electron chi connectivity index (χ2n) is 4.64. The first-order chi connectivity index (χ1) is 7.55. The maximum atomic E-state index is 12.4. The first kappa shape index (κ1) is 15.5. The van der Waals surface area contributed by atoms with E-state index in [0.29, 0.717) is 4.90 Å². The average molecular weight is 248 g/mol. The van der Waals surface area contributed by atoms with E-state index in [4.69, 9.17) is 5.26 Å². The molecule has 6 heteroatoms. The molecule has 0 rings (SSSR count). The Kier molecular flexibility index (Phi) is 4.75. The van der Waals surface area contributed by atoms with Crippen molar-refractivity contribution in [1.29, 1.82) is 5.26 Å². The fourth-order valence-electron chi connectivity index (χ4n) is 1.34. The van der Waals surface area contributed by atoms with Crippen LogP contribution < -0.4 is 0 Å². The molecule has 0 heterocycles. The molecule has 1 unspecified atom stereocenters. The van der Waals surface area contributed by atoms with Gasteiger partial charge in [0.05, 0.1) is 6.07 Å². The molecular formula is C11H15F3N2O. The lowest BCUT2D eigenvalue weighted by atomic mass is 9.86. The molecule has 0 aliphatic rings. The van der Waals surface area contributed by atoms with E-state index in [1.54, 1.807) is 26.8 Å². The highest BCUT2D eigenvalue weighted by molar-refractivity contribution is 5.82. The Labute approximate surface area is 98.5 Å². The number of halogens is 3. The van der Waals surface area contributed by atoms with Gasteiger partial charge in [0.1, 0.15) is 6.04 Å². The lowest BCUT2D eigenvalue weighted by Crippen LogP contribution is -2.51. The van der Waals surface area contributed by atoms with E-state index in [-0.39, 0.29) is 6.54 Å². The fourth-order valence-corrected chi connectivity index (χ4v) is 1.34. The fraction of sp³-hybridized carbons (Fsp3) is 0.636. The van der Waals surface area contributed by atoms with E-state index in [0.717, 1.165) is 0 Å². The Hall–Kier alpha value is -1.51. The highest BCUT2D eigenvalue weighted by Gasteiger charge is 2.46. The molecule has 0 aliphatic carbocycles. The van der Waals surface area contributed by atoms with Gasteiger partial charge in [-0.25, -0.2) is 0 Å². The van der Waals surface area contributed by atoms with Crippen LogP contribution in [0.25, 0.3) is 0 Å². The monoisotopic (exact) mass is 248 g/mol. The zero-order valence-electron chi connectivity index (χ0n) is 10.0. The molecule has 0 N–H and O–H groups in total. The third-order valence-electron chi connectivity index (χ3n) is 2.08. The van der Waals surface area contributed by atoms with E-state index in [2.05, 4.69) is 6.58 Å². The van der Waals surface area contributed by atoms with Crippen LogP contribution in [0.5, 0.6) is 0 Å². The zero-order valence-corrected chi connectivity index (χ0v) is 10.0. The van der Waals surface area contributed by atoms with Gasteiger partial charge in [-0.1, -0.05) is 26.8 Å². The molecule has 0 saturated carbocycles. The zero-order chi connectivity index (χ0) is 13.9. The molecule has 0 aromatic carbocycles. The summed E-state index contributed by atoms with van der Waals surface area (Å²) in [5.41, 5.74) is -0.765. The van der Waals surface area contributed by atoms with Gasteiger partial charge >= 0.3 is 12.1 Å². The van der Waals surface area contributed by atoms with Crippen molar-refractivity contribution in [3.63, 3.8) is 0 Å². The predicted molar refractivity (Wildman–Crippen MR) is 56.8 cm³/mol. The number of hydrogen-bond acceptors (Lipinski definition) is 2. The van der Waals surface area contributed by atoms with Crippen molar-refractivity contribution in [1.82, 2.24) is 4.90 Å². The second kappa shape index (κ2) is 5.21. The number of alkyl halides is 3. The maximum absolute atomic E-state index is 12.4. The molecule has 0 aromatic rings. The highest BCUT2D eigenvalue weighted by Crippen LogP contribution is 2.28. The van der Waals surface area contributed by atoms with Gasteiger partial charge in [0, 0.05) is 6.54 Å². The molecule has 0 radical (unpaired) electrons. The van der Waals surface area contributed by atoms with Crippen LogP contribution in [0.2, 0.25) is 0 Å². The van der Waals surface area contributed by atoms with Crippen LogP contribution in [-0.2, 0) is 4.79 Å². The number of nitrogens with zero attached hydrogens (tertiary/aromatic N) is 2. The van der Waals surface area contributed by atoms with Gasteiger partial charge in [0.25, 0.3) is 0 Å². The topological polar surface area (TPSA) is 44.1 Å². The van der Waals surface area contributed by atoms with Crippen molar-refractivity contribution >= 4 is 5.91 Å². The highest BCUT2D eigenvalue weighted by atomic mass is 19.4. The van der Waals surface area contributed by atoms with Crippen LogP contribution >= 0.6 is 0 Å². The Balaban J connectivity index is 5.31. The minimum absolute atomic E-state index is 0.312. The van der Waals surface area contributed by atoms with Crippen LogP contribution in [-0.4, -0.2) is 29.6 Å². The Morgan fingerprint density at radius 3 is 2.18 bits per heavy atom. The summed E-state index contributed by atoms with van der Waals surface area (Å²) in [6.45, 7) is 7.77. The van der Waals surface area contributed by atoms with E-state index in [1.165, 1.54) is 6.08 Å². The van der Waals surface area contributed by atoms with Gasteiger partial charge in [0.2, 0.25) is 0 Å². The Bertz CT molecular complexity index is 336. The second-order valence-corrected chi connectivity index (χ2v) is 4.64. The van der Waals surface area contributed by atoms with Gasteiger partial charge in [-0.15, -0.1) is 6.58 Å². The van der Waals surface area contributed by atoms with Crippen LogP contribution in [0, 0.1) is 16.7 Å². The number of hydrogen-bond donors (Lipinski definition) is 0. The van der Waals surface area contributed by atoms with Crippen LogP contribution in [0.3, 0.4) is 0 Å². The largest absolute Gasteiger partial charge is 0.471 e. The summed E-state index contributed by atoms with van der Waals surface area (Å²) in [4.78, 5) is 11.7. The van der Waals surface area contributed by atoms with Gasteiger partial charge in [-0.05, 0) is 5.41 Å². The Morgan fingerprint density at radius 1 is 1.47 bits per heavy atom. The minimum Gasteiger partial charge on any atom is -0.315 e. The maximum Gasteiger partial charge on any atom is 0.471 e. The van der Waals surface area contributed by atoms with Crippen molar-refractivity contribution in [3.8, 4) is 6.07 Å². The van der Waals surface area contributed by atoms with Crippen LogP contribution in [0.15, 0.2) is 12.7 Å². The minimum atomic E-state index is -4.98. The average Bonchev–Trinajstić information content (AvgIpc) is 2.13. The molecule has 0 aliphatic heterocycles. The summed E-state index contributed by atoms with van der Waals surface area (Å²) in [5.74, 6) is -2.01. The molecule has 0 saturated heterocycles. The van der Waals surface area contributed by atoms with Crippen molar-refractivity contribution in [2.24, 2.45) is 5.41 Å². The molecule has 0 fully saturated rings. The SMILES string of the molecule is C=CCN(C(=O)C(F)(F)F)C(C#N)C(C)(C)C. The van der Waals surface area contributed by atoms with Gasteiger partial charge in [-0.2, -0.15) is 18.4 Å². The molecule has 1 amide bonds. The van der Waals surface area contributed by atoms with Crippen LogP contribution in [0.4, 0.5) is 13.2 Å². The van der Waals surface area contributed by atoms with Crippen molar-refractivity contribution in [2.75, 3.05) is 6.54 Å². The first-order valence-corrected chi connectivity index (χ1v) is 4.94. The smallest absolute Gasteiger partial charge is 0.315 e. The summed E-state index contributed by atoms with van der Waals surface area (Å²) in [6.07, 6.45) is -3.82. The molecule has 96 valence electrons. The van der Waals surface area contributed by atoms with E-state index >= 15 is 0 Å². The molecule has 0 bridgehead atoms. The third kappa shape index (κ3) is 4.10. The predicted octanol–water partition coefficient (Wildman–Crippen LogP) is 2.50. The van der Waals surface area contributed by atoms with Gasteiger partial charge < -0.3 is 4.90 Å². The normalized spacial score (nSPS) is 13.7. The molecule has 0 spiro atoms. The van der Waals surface area contributed by atoms with E-state index < -0.39 is 23.5 Å². The molecule has 17 heavy (non-hydrogen) atoms. The molecule has 3 nitrogen and oxygen atoms in total.